The molecule has 1 aliphatic rings. The number of anilines is 1. The first-order valence-corrected chi connectivity index (χ1v) is 10.4. The van der Waals surface area contributed by atoms with Gasteiger partial charge in [0.25, 0.3) is 5.91 Å². The van der Waals surface area contributed by atoms with E-state index in [9.17, 15) is 4.79 Å². The third-order valence-corrected chi connectivity index (χ3v) is 5.57. The van der Waals surface area contributed by atoms with Crippen LogP contribution in [0.3, 0.4) is 0 Å². The summed E-state index contributed by atoms with van der Waals surface area (Å²) >= 11 is 0. The summed E-state index contributed by atoms with van der Waals surface area (Å²) in [7, 11) is 0. The molecule has 1 fully saturated rings. The Morgan fingerprint density at radius 3 is 2.32 bits per heavy atom. The topological polar surface area (TPSA) is 80.0 Å². The van der Waals surface area contributed by atoms with Gasteiger partial charge in [-0.1, -0.05) is 24.3 Å². The van der Waals surface area contributed by atoms with Crippen molar-refractivity contribution in [2.24, 2.45) is 0 Å². The summed E-state index contributed by atoms with van der Waals surface area (Å²) in [4.78, 5) is 21.5. The monoisotopic (exact) mass is 413 g/mol. The summed E-state index contributed by atoms with van der Waals surface area (Å²) in [5.41, 5.74) is 3.30. The lowest BCUT2D eigenvalue weighted by Crippen LogP contribution is -2.49. The second-order valence-corrected chi connectivity index (χ2v) is 7.76. The van der Waals surface area contributed by atoms with Crippen molar-refractivity contribution in [3.63, 3.8) is 0 Å². The van der Waals surface area contributed by atoms with Gasteiger partial charge in [0.05, 0.1) is 11.2 Å². The molecule has 156 valence electrons. The number of amides is 1. The number of nitrogens with zero attached hydrogens (tertiary/aromatic N) is 7. The average molecular weight is 413 g/mol. The number of para-hydroxylation sites is 1. The number of hydrogen-bond donors (Lipinski definition) is 0. The minimum absolute atomic E-state index is 0.0311. The number of carbonyl (C=O) groups excluding carboxylic acids is 1. The van der Waals surface area contributed by atoms with E-state index in [0.717, 1.165) is 28.1 Å². The molecule has 4 aromatic rings. The molecular formula is C23H23N7O. The SMILES string of the molecule is Cc1cc(C)n(-c2ccc(N3CCN(C(=O)c4ccc5ccccc5n4)CC3)nn2)n1. The number of aromatic nitrogens is 5. The number of pyridine rings is 1. The van der Waals surface area contributed by atoms with Crippen molar-refractivity contribution >= 4 is 22.6 Å². The predicted molar refractivity (Wildman–Crippen MR) is 118 cm³/mol. The molecule has 0 aliphatic carbocycles. The van der Waals surface area contributed by atoms with Crippen LogP contribution in [0.4, 0.5) is 5.82 Å². The minimum Gasteiger partial charge on any atom is -0.352 e. The van der Waals surface area contributed by atoms with Crippen LogP contribution in [0.15, 0.2) is 54.6 Å². The van der Waals surface area contributed by atoms with E-state index in [4.69, 9.17) is 0 Å². The predicted octanol–water partition coefficient (Wildman–Crippen LogP) is 2.79. The molecule has 1 saturated heterocycles. The van der Waals surface area contributed by atoms with E-state index in [2.05, 4.69) is 25.2 Å². The van der Waals surface area contributed by atoms with Crippen molar-refractivity contribution in [2.45, 2.75) is 13.8 Å². The van der Waals surface area contributed by atoms with Crippen LogP contribution in [-0.2, 0) is 0 Å². The highest BCUT2D eigenvalue weighted by Gasteiger charge is 2.24. The highest BCUT2D eigenvalue weighted by atomic mass is 16.2. The molecule has 8 heteroatoms. The average Bonchev–Trinajstić information content (AvgIpc) is 3.16. The fourth-order valence-electron chi connectivity index (χ4n) is 3.95. The minimum atomic E-state index is -0.0311. The van der Waals surface area contributed by atoms with E-state index in [-0.39, 0.29) is 5.91 Å². The Labute approximate surface area is 180 Å². The second kappa shape index (κ2) is 7.79. The van der Waals surface area contributed by atoms with Crippen LogP contribution in [0, 0.1) is 13.8 Å². The molecule has 0 atom stereocenters. The molecule has 0 N–H and O–H groups in total. The van der Waals surface area contributed by atoms with Crippen LogP contribution in [0.1, 0.15) is 21.9 Å². The number of fused-ring (bicyclic) bond motifs is 1. The Morgan fingerprint density at radius 2 is 1.61 bits per heavy atom. The van der Waals surface area contributed by atoms with E-state index in [0.29, 0.717) is 37.7 Å². The fraction of sp³-hybridized carbons (Fsp3) is 0.261. The smallest absolute Gasteiger partial charge is 0.272 e. The Balaban J connectivity index is 1.25. The molecule has 3 aromatic heterocycles. The lowest BCUT2D eigenvalue weighted by molar-refractivity contribution is 0.0741. The van der Waals surface area contributed by atoms with E-state index in [1.54, 1.807) is 10.7 Å². The van der Waals surface area contributed by atoms with Gasteiger partial charge in [-0.25, -0.2) is 9.67 Å². The van der Waals surface area contributed by atoms with Crippen LogP contribution >= 0.6 is 0 Å². The van der Waals surface area contributed by atoms with Gasteiger partial charge in [-0.2, -0.15) is 5.10 Å². The summed E-state index contributed by atoms with van der Waals surface area (Å²) in [6.45, 7) is 6.60. The third kappa shape index (κ3) is 3.72. The molecule has 1 aliphatic heterocycles. The second-order valence-electron chi connectivity index (χ2n) is 7.76. The molecule has 0 saturated carbocycles. The van der Waals surface area contributed by atoms with E-state index >= 15 is 0 Å². The first-order chi connectivity index (χ1) is 15.1. The summed E-state index contributed by atoms with van der Waals surface area (Å²) < 4.78 is 1.79. The molecule has 0 spiro atoms. The summed E-state index contributed by atoms with van der Waals surface area (Å²) in [5.74, 6) is 1.48. The van der Waals surface area contributed by atoms with Crippen molar-refractivity contribution in [2.75, 3.05) is 31.1 Å². The number of benzene rings is 1. The number of piperazine rings is 1. The van der Waals surface area contributed by atoms with E-state index in [1.165, 1.54) is 0 Å². The maximum absolute atomic E-state index is 12.9. The van der Waals surface area contributed by atoms with Crippen LogP contribution in [-0.4, -0.2) is 61.9 Å². The van der Waals surface area contributed by atoms with Crippen molar-refractivity contribution in [3.8, 4) is 5.82 Å². The van der Waals surface area contributed by atoms with Gasteiger partial charge in [0.15, 0.2) is 11.6 Å². The zero-order valence-electron chi connectivity index (χ0n) is 17.6. The quantitative estimate of drug-likeness (QED) is 0.514. The Morgan fingerprint density at radius 1 is 0.871 bits per heavy atom. The number of rotatable bonds is 3. The Bertz CT molecular complexity index is 1240. The Kier molecular flexibility index (Phi) is 4.82. The summed E-state index contributed by atoms with van der Waals surface area (Å²) in [5, 5.41) is 14.2. The maximum Gasteiger partial charge on any atom is 0.272 e. The molecule has 31 heavy (non-hydrogen) atoms. The molecule has 1 amide bonds. The number of aryl methyl sites for hydroxylation is 2. The molecule has 8 nitrogen and oxygen atoms in total. The molecule has 0 radical (unpaired) electrons. The molecule has 4 heterocycles. The highest BCUT2D eigenvalue weighted by Crippen LogP contribution is 2.17. The van der Waals surface area contributed by atoms with Gasteiger partial charge in [0, 0.05) is 37.3 Å². The van der Waals surface area contributed by atoms with E-state index < -0.39 is 0 Å². The van der Waals surface area contributed by atoms with E-state index in [1.807, 2.05) is 67.3 Å². The highest BCUT2D eigenvalue weighted by molar-refractivity contribution is 5.95. The number of hydrogen-bond acceptors (Lipinski definition) is 6. The summed E-state index contributed by atoms with van der Waals surface area (Å²) in [6, 6.07) is 17.5. The van der Waals surface area contributed by atoms with Crippen LogP contribution in [0.25, 0.3) is 16.7 Å². The van der Waals surface area contributed by atoms with Crippen molar-refractivity contribution in [1.29, 1.82) is 0 Å². The largest absolute Gasteiger partial charge is 0.352 e. The van der Waals surface area contributed by atoms with Gasteiger partial charge in [0.2, 0.25) is 0 Å². The van der Waals surface area contributed by atoms with Crippen molar-refractivity contribution in [1.82, 2.24) is 29.9 Å². The fourth-order valence-corrected chi connectivity index (χ4v) is 3.95. The van der Waals surface area contributed by atoms with Crippen molar-refractivity contribution in [3.05, 3.63) is 71.7 Å². The van der Waals surface area contributed by atoms with Gasteiger partial charge in [-0.15, -0.1) is 10.2 Å². The molecule has 0 unspecified atom stereocenters. The first-order valence-electron chi connectivity index (χ1n) is 10.4. The number of carbonyl (C=O) groups is 1. The lowest BCUT2D eigenvalue weighted by atomic mass is 10.2. The maximum atomic E-state index is 12.9. The molecule has 1 aromatic carbocycles. The zero-order valence-corrected chi connectivity index (χ0v) is 17.6. The van der Waals surface area contributed by atoms with Crippen LogP contribution in [0.5, 0.6) is 0 Å². The molecule has 0 bridgehead atoms. The Hall–Kier alpha value is -3.81. The summed E-state index contributed by atoms with van der Waals surface area (Å²) in [6.07, 6.45) is 0. The molecule has 5 rings (SSSR count). The van der Waals surface area contributed by atoms with Gasteiger partial charge in [-0.05, 0) is 44.2 Å². The first kappa shape index (κ1) is 19.2. The third-order valence-electron chi connectivity index (χ3n) is 5.57. The van der Waals surface area contributed by atoms with Gasteiger partial charge >= 0.3 is 0 Å². The van der Waals surface area contributed by atoms with Crippen molar-refractivity contribution < 1.29 is 4.79 Å². The van der Waals surface area contributed by atoms with Gasteiger partial charge < -0.3 is 9.80 Å². The standard InChI is InChI=1S/C23H23N7O/c1-16-15-17(2)30(27-16)22-10-9-21(25-26-22)28-11-13-29(14-12-28)23(31)20-8-7-18-5-3-4-6-19(18)24-20/h3-10,15H,11-14H2,1-2H3. The van der Waals surface area contributed by atoms with Gasteiger partial charge in [0.1, 0.15) is 5.69 Å². The lowest BCUT2D eigenvalue weighted by Gasteiger charge is -2.35. The van der Waals surface area contributed by atoms with Gasteiger partial charge in [-0.3, -0.25) is 4.79 Å². The zero-order chi connectivity index (χ0) is 21.4. The normalized spacial score (nSPS) is 14.3. The molecular weight excluding hydrogens is 390 g/mol. The van der Waals surface area contributed by atoms with Crippen LogP contribution < -0.4 is 4.90 Å². The van der Waals surface area contributed by atoms with Crippen LogP contribution in [0.2, 0.25) is 0 Å².